The predicted molar refractivity (Wildman–Crippen MR) is 132 cm³/mol. The highest BCUT2D eigenvalue weighted by molar-refractivity contribution is 6.06. The number of fused-ring (bicyclic) bond motifs is 5. The minimum Gasteiger partial charge on any atom is -0.493 e. The molecule has 34 heavy (non-hydrogen) atoms. The van der Waals surface area contributed by atoms with E-state index in [-0.39, 0.29) is 16.9 Å². The van der Waals surface area contributed by atoms with Crippen LogP contribution in [0.4, 0.5) is 0 Å². The minimum atomic E-state index is -0.299. The average Bonchev–Trinajstić information content (AvgIpc) is 3.09. The molecule has 5 nitrogen and oxygen atoms in total. The summed E-state index contributed by atoms with van der Waals surface area (Å²) in [5.41, 5.74) is 3.09. The van der Waals surface area contributed by atoms with Crippen molar-refractivity contribution in [3.8, 4) is 17.2 Å². The van der Waals surface area contributed by atoms with Crippen molar-refractivity contribution in [2.24, 2.45) is 28.6 Å². The first-order chi connectivity index (χ1) is 16.3. The monoisotopic (exact) mass is 466 g/mol. The molecule has 1 aromatic carbocycles. The van der Waals surface area contributed by atoms with E-state index < -0.39 is 0 Å². The number of allylic oxidation sites excluding steroid dienone is 2. The number of hydrogen-bond acceptors (Lipinski definition) is 5. The quantitative estimate of drug-likeness (QED) is 0.462. The van der Waals surface area contributed by atoms with E-state index in [1.54, 1.807) is 21.3 Å². The summed E-state index contributed by atoms with van der Waals surface area (Å²) in [6, 6.07) is 3.81. The Kier molecular flexibility index (Phi) is 5.83. The molecule has 6 atom stereocenters. The maximum absolute atomic E-state index is 13.8. The lowest BCUT2D eigenvalue weighted by atomic mass is 9.48. The van der Waals surface area contributed by atoms with Gasteiger partial charge < -0.3 is 19.3 Å². The second-order valence-corrected chi connectivity index (χ2v) is 11.2. The molecule has 1 N–H and O–H groups in total. The van der Waals surface area contributed by atoms with E-state index in [0.29, 0.717) is 40.8 Å². The van der Waals surface area contributed by atoms with Crippen LogP contribution in [0.3, 0.4) is 0 Å². The molecule has 4 aliphatic rings. The molecule has 5 rings (SSSR count). The van der Waals surface area contributed by atoms with E-state index in [9.17, 15) is 9.90 Å². The van der Waals surface area contributed by atoms with Gasteiger partial charge in [0.25, 0.3) is 0 Å². The van der Waals surface area contributed by atoms with Crippen LogP contribution in [0.2, 0.25) is 0 Å². The van der Waals surface area contributed by atoms with Crippen LogP contribution < -0.4 is 14.2 Å². The SMILES string of the molecule is COc1ccc(C=C2C[C@H]3[C@@H]4CC=C5C[C@@H](O)CC[C@]5(C)[C@H]4CC[C@]3(C)C2=O)c(OC)c1OC. The van der Waals surface area contributed by atoms with Gasteiger partial charge in [-0.25, -0.2) is 0 Å². The number of aliphatic hydroxyl groups is 1. The van der Waals surface area contributed by atoms with Crippen molar-refractivity contribution in [1.82, 2.24) is 0 Å². The lowest BCUT2D eigenvalue weighted by molar-refractivity contribution is -0.130. The fourth-order valence-corrected chi connectivity index (χ4v) is 7.87. The fraction of sp³-hybridized carbons (Fsp3) is 0.621. The highest BCUT2D eigenvalue weighted by atomic mass is 16.5. The van der Waals surface area contributed by atoms with Crippen LogP contribution in [0, 0.1) is 28.6 Å². The molecular weight excluding hydrogens is 428 g/mol. The number of hydrogen-bond donors (Lipinski definition) is 1. The lowest BCUT2D eigenvalue weighted by Gasteiger charge is -2.56. The maximum atomic E-state index is 13.8. The first-order valence-electron chi connectivity index (χ1n) is 12.7. The summed E-state index contributed by atoms with van der Waals surface area (Å²) in [4.78, 5) is 13.8. The van der Waals surface area contributed by atoms with E-state index in [2.05, 4.69) is 19.9 Å². The second-order valence-electron chi connectivity index (χ2n) is 11.2. The third-order valence-corrected chi connectivity index (χ3v) is 9.78. The Hall–Kier alpha value is -2.27. The number of carbonyl (C=O) groups excluding carboxylic acids is 1. The van der Waals surface area contributed by atoms with Crippen LogP contribution in [-0.4, -0.2) is 38.3 Å². The number of methoxy groups -OCH3 is 3. The third-order valence-electron chi connectivity index (χ3n) is 9.78. The maximum Gasteiger partial charge on any atom is 0.203 e. The first kappa shape index (κ1) is 23.5. The van der Waals surface area contributed by atoms with Gasteiger partial charge in [-0.2, -0.15) is 0 Å². The summed E-state index contributed by atoms with van der Waals surface area (Å²) in [5, 5.41) is 10.3. The largest absolute Gasteiger partial charge is 0.493 e. The summed E-state index contributed by atoms with van der Waals surface area (Å²) < 4.78 is 16.7. The number of ether oxygens (including phenoxy) is 3. The van der Waals surface area contributed by atoms with Gasteiger partial charge in [0.1, 0.15) is 0 Å². The van der Waals surface area contributed by atoms with E-state index in [1.807, 2.05) is 18.2 Å². The van der Waals surface area contributed by atoms with E-state index >= 15 is 0 Å². The molecule has 4 aliphatic carbocycles. The van der Waals surface area contributed by atoms with Crippen molar-refractivity contribution in [2.75, 3.05) is 21.3 Å². The smallest absolute Gasteiger partial charge is 0.203 e. The number of rotatable bonds is 4. The van der Waals surface area contributed by atoms with Gasteiger partial charge in [0.15, 0.2) is 17.3 Å². The van der Waals surface area contributed by atoms with E-state index in [1.165, 1.54) is 5.57 Å². The van der Waals surface area contributed by atoms with Crippen molar-refractivity contribution < 1.29 is 24.1 Å². The zero-order valence-corrected chi connectivity index (χ0v) is 21.1. The molecule has 0 saturated heterocycles. The minimum absolute atomic E-state index is 0.172. The molecule has 0 aliphatic heterocycles. The molecule has 3 fully saturated rings. The molecular formula is C29H38O5. The van der Waals surface area contributed by atoms with Gasteiger partial charge in [-0.1, -0.05) is 25.5 Å². The number of Topliss-reactive ketones (excluding diaryl/α,β-unsaturated/α-hetero) is 1. The lowest BCUT2D eigenvalue weighted by Crippen LogP contribution is -2.50. The Morgan fingerprint density at radius 1 is 0.941 bits per heavy atom. The molecule has 0 spiro atoms. The summed E-state index contributed by atoms with van der Waals surface area (Å²) >= 11 is 0. The highest BCUT2D eigenvalue weighted by Gasteiger charge is 2.59. The average molecular weight is 467 g/mol. The molecule has 0 amide bonds. The normalized spacial score (nSPS) is 38.0. The van der Waals surface area contributed by atoms with Crippen LogP contribution in [0.15, 0.2) is 29.4 Å². The Bertz CT molecular complexity index is 1050. The Morgan fingerprint density at radius 3 is 2.38 bits per heavy atom. The topological polar surface area (TPSA) is 65.0 Å². The zero-order chi connectivity index (χ0) is 24.3. The van der Waals surface area contributed by atoms with Gasteiger partial charge in [-0.15, -0.1) is 0 Å². The van der Waals surface area contributed by atoms with Crippen LogP contribution in [-0.2, 0) is 4.79 Å². The van der Waals surface area contributed by atoms with Crippen LogP contribution >= 0.6 is 0 Å². The zero-order valence-electron chi connectivity index (χ0n) is 21.1. The second kappa shape index (κ2) is 8.44. The van der Waals surface area contributed by atoms with Crippen molar-refractivity contribution >= 4 is 11.9 Å². The fourth-order valence-electron chi connectivity index (χ4n) is 7.87. The number of benzene rings is 1. The Labute approximate surface area is 203 Å². The van der Waals surface area contributed by atoms with Crippen molar-refractivity contribution in [1.29, 1.82) is 0 Å². The van der Waals surface area contributed by atoms with Gasteiger partial charge in [0, 0.05) is 11.0 Å². The number of aliphatic hydroxyl groups excluding tert-OH is 1. The predicted octanol–water partition coefficient (Wildman–Crippen LogP) is 5.60. The summed E-state index contributed by atoms with van der Waals surface area (Å²) in [6.07, 6.45) is 10.9. The molecule has 0 bridgehead atoms. The van der Waals surface area contributed by atoms with E-state index in [0.717, 1.165) is 56.1 Å². The number of carbonyl (C=O) groups is 1. The molecule has 0 radical (unpaired) electrons. The van der Waals surface area contributed by atoms with Gasteiger partial charge in [0.05, 0.1) is 27.4 Å². The van der Waals surface area contributed by atoms with Crippen molar-refractivity contribution in [3.05, 3.63) is 34.9 Å². The Morgan fingerprint density at radius 2 is 1.68 bits per heavy atom. The molecule has 184 valence electrons. The standard InChI is InChI=1S/C29H38O5/c1-28-12-10-20(30)16-19(28)7-8-21-22(28)11-13-29(2)23(21)15-18(27(29)31)14-17-6-9-24(32-3)26(34-5)25(17)33-4/h6-7,9,14,20-23,30H,8,10-13,15-16H2,1-5H3/t20-,21+,22-,23-,28-,29-/m0/s1. The molecule has 0 unspecified atom stereocenters. The molecule has 0 heterocycles. The number of ketones is 1. The third kappa shape index (κ3) is 3.34. The highest BCUT2D eigenvalue weighted by Crippen LogP contribution is 2.64. The van der Waals surface area contributed by atoms with Gasteiger partial charge in [-0.3, -0.25) is 4.79 Å². The van der Waals surface area contributed by atoms with Crippen LogP contribution in [0.1, 0.15) is 64.4 Å². The van der Waals surface area contributed by atoms with Gasteiger partial charge >= 0.3 is 0 Å². The van der Waals surface area contributed by atoms with Crippen molar-refractivity contribution in [3.63, 3.8) is 0 Å². The summed E-state index contributed by atoms with van der Waals surface area (Å²) in [5.74, 6) is 3.53. The Balaban J connectivity index is 1.50. The van der Waals surface area contributed by atoms with Gasteiger partial charge in [0.2, 0.25) is 5.75 Å². The first-order valence-corrected chi connectivity index (χ1v) is 12.7. The van der Waals surface area contributed by atoms with Gasteiger partial charge in [-0.05, 0) is 91.9 Å². The van der Waals surface area contributed by atoms with Crippen LogP contribution in [0.25, 0.3) is 6.08 Å². The van der Waals surface area contributed by atoms with Crippen LogP contribution in [0.5, 0.6) is 17.2 Å². The summed E-state index contributed by atoms with van der Waals surface area (Å²) in [6.45, 7) is 4.63. The molecule has 3 saturated carbocycles. The van der Waals surface area contributed by atoms with E-state index in [4.69, 9.17) is 14.2 Å². The molecule has 5 heteroatoms. The summed E-state index contributed by atoms with van der Waals surface area (Å²) in [7, 11) is 4.83. The molecule has 0 aromatic heterocycles. The van der Waals surface area contributed by atoms with Crippen molar-refractivity contribution in [2.45, 2.75) is 64.9 Å². The molecule has 1 aromatic rings.